The molecule has 7 unspecified atom stereocenters. The average Bonchev–Trinajstić information content (AvgIpc) is 3.06. The summed E-state index contributed by atoms with van der Waals surface area (Å²) >= 11 is 0. The van der Waals surface area contributed by atoms with Crippen LogP contribution in [0.3, 0.4) is 0 Å². The Morgan fingerprint density at radius 3 is 2.13 bits per heavy atom. The molecule has 5 heteroatoms. The smallest absolute Gasteiger partial charge is 0.317 e. The standard InChI is InChI=1S/C24H38O5.C2H6/c1-23-12-10-20-17(6-4-15-13-16(25)9-11-24(15,20)2)19(23)8-5-14(23)3-7-18(21(26)27)22(28)29;1-2/h14-20,25H,3-13H2,1-2H3,(H,26,27)(H,28,29);1-2H3/t14?,15?,16-,17?,19?,20?,23?,24?;/m1./s1. The van der Waals surface area contributed by atoms with Gasteiger partial charge in [-0.2, -0.15) is 0 Å². The van der Waals surface area contributed by atoms with Gasteiger partial charge in [0.2, 0.25) is 0 Å². The third kappa shape index (κ3) is 4.28. The zero-order chi connectivity index (χ0) is 23.0. The molecule has 0 bridgehead atoms. The molecule has 0 aromatic heterocycles. The zero-order valence-corrected chi connectivity index (χ0v) is 20.0. The Balaban J connectivity index is 0.00000132. The van der Waals surface area contributed by atoms with Gasteiger partial charge in [0.05, 0.1) is 6.10 Å². The molecule has 31 heavy (non-hydrogen) atoms. The summed E-state index contributed by atoms with van der Waals surface area (Å²) in [6.07, 6.45) is 11.3. The number of aliphatic carboxylic acids is 2. The summed E-state index contributed by atoms with van der Waals surface area (Å²) < 4.78 is 0. The Hall–Kier alpha value is -1.10. The normalized spacial score (nSPS) is 43.8. The van der Waals surface area contributed by atoms with Gasteiger partial charge >= 0.3 is 11.9 Å². The first-order valence-electron chi connectivity index (χ1n) is 12.8. The quantitative estimate of drug-likeness (QED) is 0.488. The van der Waals surface area contributed by atoms with Crippen LogP contribution in [0.2, 0.25) is 0 Å². The van der Waals surface area contributed by atoms with Gasteiger partial charge in [-0.25, -0.2) is 0 Å². The van der Waals surface area contributed by atoms with E-state index in [1.165, 1.54) is 32.1 Å². The molecule has 0 aromatic carbocycles. The highest BCUT2D eigenvalue weighted by Gasteiger charge is 2.59. The number of rotatable bonds is 5. The molecule has 0 radical (unpaired) electrons. The van der Waals surface area contributed by atoms with Crippen LogP contribution >= 0.6 is 0 Å². The second-order valence-electron chi connectivity index (χ2n) is 11.2. The van der Waals surface area contributed by atoms with Gasteiger partial charge in [-0.05, 0) is 111 Å². The molecule has 0 aliphatic heterocycles. The number of aliphatic hydroxyl groups excluding tert-OH is 1. The first-order chi connectivity index (χ1) is 14.7. The average molecular weight is 437 g/mol. The fourth-order valence-corrected chi connectivity index (χ4v) is 8.54. The van der Waals surface area contributed by atoms with E-state index in [2.05, 4.69) is 13.8 Å². The minimum atomic E-state index is -1.27. The van der Waals surface area contributed by atoms with Crippen molar-refractivity contribution in [2.45, 2.75) is 104 Å². The third-order valence-electron chi connectivity index (χ3n) is 10.2. The SMILES string of the molecule is CC.CC12CCC3C(CCC4C[C@H](O)CCC43C)C1CCC2CCC(C(=O)O)C(=O)O. The zero-order valence-electron chi connectivity index (χ0n) is 20.0. The van der Waals surface area contributed by atoms with Gasteiger partial charge in [-0.3, -0.25) is 9.59 Å². The Morgan fingerprint density at radius 2 is 1.48 bits per heavy atom. The van der Waals surface area contributed by atoms with E-state index in [4.69, 9.17) is 0 Å². The lowest BCUT2D eigenvalue weighted by atomic mass is 9.44. The van der Waals surface area contributed by atoms with Crippen molar-refractivity contribution >= 4 is 11.9 Å². The summed E-state index contributed by atoms with van der Waals surface area (Å²) in [4.78, 5) is 22.6. The van der Waals surface area contributed by atoms with Crippen molar-refractivity contribution < 1.29 is 24.9 Å². The molecule has 4 saturated carbocycles. The van der Waals surface area contributed by atoms with Crippen LogP contribution in [0, 0.1) is 46.3 Å². The first-order valence-corrected chi connectivity index (χ1v) is 12.8. The summed E-state index contributed by atoms with van der Waals surface area (Å²) in [5.41, 5.74) is 0.610. The highest BCUT2D eigenvalue weighted by atomic mass is 16.4. The van der Waals surface area contributed by atoms with E-state index < -0.39 is 17.9 Å². The molecule has 4 rings (SSSR count). The topological polar surface area (TPSA) is 94.8 Å². The Labute approximate surface area is 188 Å². The van der Waals surface area contributed by atoms with Crippen LogP contribution in [0.1, 0.15) is 98.3 Å². The molecule has 0 saturated heterocycles. The van der Waals surface area contributed by atoms with E-state index in [-0.39, 0.29) is 17.9 Å². The van der Waals surface area contributed by atoms with E-state index >= 15 is 0 Å². The fourth-order valence-electron chi connectivity index (χ4n) is 8.54. The molecule has 5 nitrogen and oxygen atoms in total. The Kier molecular flexibility index (Phi) is 7.45. The summed E-state index contributed by atoms with van der Waals surface area (Å²) in [6.45, 7) is 8.92. The monoisotopic (exact) mass is 436 g/mol. The summed E-state index contributed by atoms with van der Waals surface area (Å²) in [5, 5.41) is 28.6. The highest BCUT2D eigenvalue weighted by molar-refractivity contribution is 5.92. The molecule has 4 aliphatic rings. The molecule has 0 heterocycles. The van der Waals surface area contributed by atoms with Crippen molar-refractivity contribution in [1.82, 2.24) is 0 Å². The van der Waals surface area contributed by atoms with Crippen molar-refractivity contribution in [1.29, 1.82) is 0 Å². The largest absolute Gasteiger partial charge is 0.481 e. The third-order valence-corrected chi connectivity index (χ3v) is 10.2. The Bertz CT molecular complexity index is 648. The molecule has 0 amide bonds. The van der Waals surface area contributed by atoms with Crippen LogP contribution in [0.25, 0.3) is 0 Å². The van der Waals surface area contributed by atoms with Crippen LogP contribution in [0.5, 0.6) is 0 Å². The van der Waals surface area contributed by atoms with Crippen LogP contribution in [-0.2, 0) is 9.59 Å². The molecule has 0 spiro atoms. The number of hydrogen-bond acceptors (Lipinski definition) is 3. The van der Waals surface area contributed by atoms with Gasteiger partial charge in [0.15, 0.2) is 5.92 Å². The number of fused-ring (bicyclic) bond motifs is 5. The maximum Gasteiger partial charge on any atom is 0.317 e. The van der Waals surface area contributed by atoms with Gasteiger partial charge in [-0.15, -0.1) is 0 Å². The van der Waals surface area contributed by atoms with Crippen LogP contribution < -0.4 is 0 Å². The van der Waals surface area contributed by atoms with E-state index in [9.17, 15) is 24.9 Å². The molecule has 8 atom stereocenters. The summed E-state index contributed by atoms with van der Waals surface area (Å²) in [6, 6.07) is 0. The van der Waals surface area contributed by atoms with Gasteiger partial charge in [0.1, 0.15) is 0 Å². The highest BCUT2D eigenvalue weighted by Crippen LogP contribution is 2.67. The van der Waals surface area contributed by atoms with Crippen molar-refractivity contribution in [2.75, 3.05) is 0 Å². The number of carboxylic acid groups (broad SMARTS) is 2. The lowest BCUT2D eigenvalue weighted by Gasteiger charge is -2.61. The molecular weight excluding hydrogens is 392 g/mol. The van der Waals surface area contributed by atoms with Gasteiger partial charge in [-0.1, -0.05) is 27.7 Å². The lowest BCUT2D eigenvalue weighted by Crippen LogP contribution is -2.53. The molecule has 4 aliphatic carbocycles. The second-order valence-corrected chi connectivity index (χ2v) is 11.2. The molecule has 178 valence electrons. The number of carbonyl (C=O) groups is 2. The Morgan fingerprint density at radius 1 is 0.871 bits per heavy atom. The van der Waals surface area contributed by atoms with Crippen molar-refractivity contribution in [3.8, 4) is 0 Å². The predicted molar refractivity (Wildman–Crippen MR) is 121 cm³/mol. The van der Waals surface area contributed by atoms with Crippen LogP contribution in [0.15, 0.2) is 0 Å². The number of carboxylic acids is 2. The van der Waals surface area contributed by atoms with Crippen molar-refractivity contribution in [3.05, 3.63) is 0 Å². The number of aliphatic hydroxyl groups is 1. The van der Waals surface area contributed by atoms with E-state index in [0.717, 1.165) is 43.9 Å². The second kappa shape index (κ2) is 9.41. The lowest BCUT2D eigenvalue weighted by molar-refractivity contribution is -0.155. The first kappa shape index (κ1) is 24.5. The van der Waals surface area contributed by atoms with Crippen LogP contribution in [-0.4, -0.2) is 33.4 Å². The molecular formula is C26H44O5. The van der Waals surface area contributed by atoms with E-state index in [1.807, 2.05) is 13.8 Å². The van der Waals surface area contributed by atoms with Crippen molar-refractivity contribution in [2.24, 2.45) is 46.3 Å². The maximum absolute atomic E-state index is 11.3. The molecule has 4 fully saturated rings. The van der Waals surface area contributed by atoms with E-state index in [0.29, 0.717) is 23.2 Å². The maximum atomic E-state index is 11.3. The summed E-state index contributed by atoms with van der Waals surface area (Å²) in [5.74, 6) is -0.338. The predicted octanol–water partition coefficient (Wildman–Crippen LogP) is 5.60. The van der Waals surface area contributed by atoms with E-state index in [1.54, 1.807) is 0 Å². The van der Waals surface area contributed by atoms with Gasteiger partial charge < -0.3 is 15.3 Å². The summed E-state index contributed by atoms with van der Waals surface area (Å²) in [7, 11) is 0. The minimum Gasteiger partial charge on any atom is -0.481 e. The van der Waals surface area contributed by atoms with Gasteiger partial charge in [0, 0.05) is 0 Å². The van der Waals surface area contributed by atoms with Gasteiger partial charge in [0.25, 0.3) is 0 Å². The molecule has 3 N–H and O–H groups in total. The minimum absolute atomic E-state index is 0.106. The molecule has 0 aromatic rings. The number of hydrogen-bond donors (Lipinski definition) is 3. The van der Waals surface area contributed by atoms with Crippen molar-refractivity contribution in [3.63, 3.8) is 0 Å². The van der Waals surface area contributed by atoms with Crippen LogP contribution in [0.4, 0.5) is 0 Å². The fraction of sp³-hybridized carbons (Fsp3) is 0.923.